The Bertz CT molecular complexity index is 748. The molecule has 0 aliphatic carbocycles. The summed E-state index contributed by atoms with van der Waals surface area (Å²) in [4.78, 5) is 15.6. The van der Waals surface area contributed by atoms with E-state index in [9.17, 15) is 4.79 Å². The van der Waals surface area contributed by atoms with Crippen LogP contribution in [0.1, 0.15) is 50.2 Å². The fourth-order valence-corrected chi connectivity index (χ4v) is 5.78. The fourth-order valence-electron chi connectivity index (χ4n) is 5.78. The highest BCUT2D eigenvalue weighted by Crippen LogP contribution is 2.52. The maximum absolute atomic E-state index is 13.1. The van der Waals surface area contributed by atoms with Gasteiger partial charge >= 0.3 is 0 Å². The van der Waals surface area contributed by atoms with E-state index in [1.165, 1.54) is 12.8 Å². The molecule has 2 fully saturated rings. The molecule has 2 bridgehead atoms. The molecule has 1 unspecified atom stereocenters. The van der Waals surface area contributed by atoms with E-state index in [-0.39, 0.29) is 11.3 Å². The van der Waals surface area contributed by atoms with Gasteiger partial charge in [0.2, 0.25) is 5.91 Å². The van der Waals surface area contributed by atoms with Gasteiger partial charge in [-0.25, -0.2) is 0 Å². The lowest BCUT2D eigenvalue weighted by atomic mass is 9.61. The van der Waals surface area contributed by atoms with Crippen LogP contribution in [0.2, 0.25) is 0 Å². The van der Waals surface area contributed by atoms with E-state index in [4.69, 9.17) is 5.73 Å². The minimum Gasteiger partial charge on any atom is -0.369 e. The molecule has 2 saturated heterocycles. The molecule has 142 valence electrons. The Morgan fingerprint density at radius 3 is 1.85 bits per heavy atom. The summed E-state index contributed by atoms with van der Waals surface area (Å²) in [6.07, 6.45) is 5.58. The number of piperidine rings is 1. The zero-order chi connectivity index (χ0) is 19.1. The van der Waals surface area contributed by atoms with E-state index in [1.807, 2.05) is 36.4 Å². The standard InChI is InChI=1S/C24H30N2O/c1-23(15-20-13-14-21(16-23)26(20)2)17-24(22(25)27,18-9-5-3-6-10-18)19-11-7-4-8-12-19/h3-12,20-21H,13-17H2,1-2H3,(H2,25,27)/t20-,21+,23?. The lowest BCUT2D eigenvalue weighted by Crippen LogP contribution is -2.50. The molecule has 2 heterocycles. The summed E-state index contributed by atoms with van der Waals surface area (Å²) in [5.41, 5.74) is 7.51. The molecule has 2 aliphatic heterocycles. The molecular formula is C24H30N2O. The quantitative estimate of drug-likeness (QED) is 0.870. The fraction of sp³-hybridized carbons (Fsp3) is 0.458. The average Bonchev–Trinajstić information content (AvgIpc) is 2.90. The van der Waals surface area contributed by atoms with Crippen LogP contribution < -0.4 is 5.73 Å². The Morgan fingerprint density at radius 1 is 1.00 bits per heavy atom. The molecule has 0 aromatic heterocycles. The molecule has 1 amide bonds. The summed E-state index contributed by atoms with van der Waals surface area (Å²) in [5, 5.41) is 0. The Labute approximate surface area is 162 Å². The number of benzene rings is 2. The predicted octanol–water partition coefficient (Wildman–Crippen LogP) is 4.11. The zero-order valence-electron chi connectivity index (χ0n) is 16.4. The molecule has 27 heavy (non-hydrogen) atoms. The SMILES string of the molecule is CN1[C@@H]2CC[C@H]1CC(C)(CC(C(N)=O)(c1ccccc1)c1ccccc1)C2. The summed E-state index contributed by atoms with van der Waals surface area (Å²) >= 11 is 0. The number of rotatable bonds is 5. The van der Waals surface area contributed by atoms with E-state index in [1.54, 1.807) is 0 Å². The van der Waals surface area contributed by atoms with Gasteiger partial charge in [-0.05, 0) is 55.7 Å². The monoisotopic (exact) mass is 362 g/mol. The van der Waals surface area contributed by atoms with Gasteiger partial charge in [-0.2, -0.15) is 0 Å². The molecule has 3 heteroatoms. The highest BCUT2D eigenvalue weighted by molar-refractivity contribution is 5.91. The van der Waals surface area contributed by atoms with E-state index >= 15 is 0 Å². The molecule has 2 N–H and O–H groups in total. The van der Waals surface area contributed by atoms with Crippen molar-refractivity contribution in [3.05, 3.63) is 71.8 Å². The summed E-state index contributed by atoms with van der Waals surface area (Å²) in [7, 11) is 2.26. The van der Waals surface area contributed by atoms with E-state index in [0.29, 0.717) is 12.1 Å². The number of amides is 1. The third-order valence-corrected chi connectivity index (χ3v) is 7.09. The van der Waals surface area contributed by atoms with Gasteiger partial charge in [0, 0.05) is 12.1 Å². The number of carbonyl (C=O) groups excluding carboxylic acids is 1. The number of carbonyl (C=O) groups is 1. The van der Waals surface area contributed by atoms with Crippen molar-refractivity contribution in [2.24, 2.45) is 11.1 Å². The van der Waals surface area contributed by atoms with E-state index in [0.717, 1.165) is 30.4 Å². The molecule has 0 spiro atoms. The minimum absolute atomic E-state index is 0.0963. The highest BCUT2D eigenvalue weighted by atomic mass is 16.1. The Hall–Kier alpha value is -2.13. The van der Waals surface area contributed by atoms with Crippen molar-refractivity contribution in [2.45, 2.75) is 56.5 Å². The van der Waals surface area contributed by atoms with Crippen molar-refractivity contribution in [3.8, 4) is 0 Å². The van der Waals surface area contributed by atoms with Crippen molar-refractivity contribution in [2.75, 3.05) is 7.05 Å². The molecule has 4 rings (SSSR count). The van der Waals surface area contributed by atoms with Gasteiger partial charge < -0.3 is 10.6 Å². The topological polar surface area (TPSA) is 46.3 Å². The Balaban J connectivity index is 1.80. The van der Waals surface area contributed by atoms with E-state index in [2.05, 4.69) is 43.1 Å². The summed E-state index contributed by atoms with van der Waals surface area (Å²) in [6, 6.07) is 21.5. The van der Waals surface area contributed by atoms with Gasteiger partial charge in [-0.3, -0.25) is 4.79 Å². The van der Waals surface area contributed by atoms with Crippen LogP contribution in [0.3, 0.4) is 0 Å². The Kier molecular flexibility index (Phi) is 4.59. The van der Waals surface area contributed by atoms with Crippen molar-refractivity contribution >= 4 is 5.91 Å². The number of hydrogen-bond donors (Lipinski definition) is 1. The average molecular weight is 363 g/mol. The second-order valence-corrected chi connectivity index (χ2v) is 8.95. The van der Waals surface area contributed by atoms with Crippen LogP contribution in [0.15, 0.2) is 60.7 Å². The first-order chi connectivity index (χ1) is 12.9. The second kappa shape index (κ2) is 6.79. The zero-order valence-corrected chi connectivity index (χ0v) is 16.4. The first kappa shape index (κ1) is 18.2. The van der Waals surface area contributed by atoms with Crippen LogP contribution >= 0.6 is 0 Å². The van der Waals surface area contributed by atoms with Crippen LogP contribution in [0.5, 0.6) is 0 Å². The lowest BCUT2D eigenvalue weighted by molar-refractivity contribution is -0.123. The molecule has 3 nitrogen and oxygen atoms in total. The first-order valence-electron chi connectivity index (χ1n) is 10.1. The van der Waals surface area contributed by atoms with Crippen LogP contribution in [-0.2, 0) is 10.2 Å². The van der Waals surface area contributed by atoms with Crippen molar-refractivity contribution in [1.82, 2.24) is 4.90 Å². The third kappa shape index (κ3) is 3.08. The summed E-state index contributed by atoms with van der Waals surface area (Å²) < 4.78 is 0. The molecular weight excluding hydrogens is 332 g/mol. The highest BCUT2D eigenvalue weighted by Gasteiger charge is 2.51. The van der Waals surface area contributed by atoms with E-state index < -0.39 is 5.41 Å². The molecule has 0 radical (unpaired) electrons. The van der Waals surface area contributed by atoms with Gasteiger partial charge in [0.05, 0.1) is 5.41 Å². The number of nitrogens with zero attached hydrogens (tertiary/aromatic N) is 1. The number of fused-ring (bicyclic) bond motifs is 2. The number of nitrogens with two attached hydrogens (primary N) is 1. The van der Waals surface area contributed by atoms with Crippen LogP contribution in [0.25, 0.3) is 0 Å². The van der Waals surface area contributed by atoms with Crippen molar-refractivity contribution in [3.63, 3.8) is 0 Å². The second-order valence-electron chi connectivity index (χ2n) is 8.95. The minimum atomic E-state index is -0.785. The van der Waals surface area contributed by atoms with Gasteiger partial charge in [0.15, 0.2) is 0 Å². The Morgan fingerprint density at radius 2 is 1.44 bits per heavy atom. The maximum atomic E-state index is 13.1. The lowest BCUT2D eigenvalue weighted by Gasteiger charge is -2.47. The van der Waals surface area contributed by atoms with Crippen LogP contribution in [0.4, 0.5) is 0 Å². The third-order valence-electron chi connectivity index (χ3n) is 7.09. The molecule has 3 atom stereocenters. The summed E-state index contributed by atoms with van der Waals surface area (Å²) in [6.45, 7) is 2.37. The van der Waals surface area contributed by atoms with Gasteiger partial charge in [-0.1, -0.05) is 67.6 Å². The summed E-state index contributed by atoms with van der Waals surface area (Å²) in [5.74, 6) is -0.243. The van der Waals surface area contributed by atoms with Gasteiger partial charge in [-0.15, -0.1) is 0 Å². The van der Waals surface area contributed by atoms with Crippen molar-refractivity contribution in [1.29, 1.82) is 0 Å². The smallest absolute Gasteiger partial charge is 0.232 e. The van der Waals surface area contributed by atoms with Gasteiger partial charge in [0.1, 0.15) is 0 Å². The number of primary amides is 1. The van der Waals surface area contributed by atoms with Crippen LogP contribution in [0, 0.1) is 5.41 Å². The normalized spacial score (nSPS) is 28.2. The number of hydrogen-bond acceptors (Lipinski definition) is 2. The predicted molar refractivity (Wildman–Crippen MR) is 109 cm³/mol. The molecule has 2 aromatic carbocycles. The molecule has 2 aliphatic rings. The first-order valence-corrected chi connectivity index (χ1v) is 10.1. The largest absolute Gasteiger partial charge is 0.369 e. The van der Waals surface area contributed by atoms with Gasteiger partial charge in [0.25, 0.3) is 0 Å². The van der Waals surface area contributed by atoms with Crippen molar-refractivity contribution < 1.29 is 4.79 Å². The molecule has 2 aromatic rings. The molecule has 0 saturated carbocycles. The maximum Gasteiger partial charge on any atom is 0.232 e. The van der Waals surface area contributed by atoms with Crippen LogP contribution in [-0.4, -0.2) is 29.9 Å².